The summed E-state index contributed by atoms with van der Waals surface area (Å²) in [6.45, 7) is 1.64. The molecular formula is C22H35NO4. The van der Waals surface area contributed by atoms with Gasteiger partial charge in [-0.05, 0) is 30.5 Å². The number of rotatable bonds is 13. The predicted molar refractivity (Wildman–Crippen MR) is 108 cm³/mol. The number of hydrogen-bond acceptors (Lipinski definition) is 5. The first-order valence-electron chi connectivity index (χ1n) is 10.5. The molecule has 0 bridgehead atoms. The summed E-state index contributed by atoms with van der Waals surface area (Å²) in [5, 5.41) is 21.6. The van der Waals surface area contributed by atoms with Crippen molar-refractivity contribution in [3.05, 3.63) is 29.3 Å². The van der Waals surface area contributed by atoms with Gasteiger partial charge in [-0.1, -0.05) is 64.4 Å². The molecule has 0 fully saturated rings. The Morgan fingerprint density at radius 1 is 1.19 bits per heavy atom. The summed E-state index contributed by atoms with van der Waals surface area (Å²) in [5.41, 5.74) is 2.72. The normalized spacial score (nSPS) is 16.6. The fraction of sp³-hybridized carbons (Fsp3) is 0.682. The largest absolute Gasteiger partial charge is 0.459 e. The molecule has 2 atom stereocenters. The fourth-order valence-electron chi connectivity index (χ4n) is 3.56. The molecule has 152 valence electrons. The Balaban J connectivity index is 1.68. The minimum absolute atomic E-state index is 0.194. The number of carbonyl (C=O) groups is 1. The first-order chi connectivity index (χ1) is 13.1. The molecule has 3 N–H and O–H groups in total. The SMILES string of the molecule is CCCCCCCCCCC1Cc2ccc(C(=O)OC[C@H](O)CO)cc2N1. The Labute approximate surface area is 163 Å². The second-order valence-electron chi connectivity index (χ2n) is 7.62. The van der Waals surface area contributed by atoms with Crippen LogP contribution >= 0.6 is 0 Å². The summed E-state index contributed by atoms with van der Waals surface area (Å²) in [5.74, 6) is -0.473. The molecule has 1 heterocycles. The quantitative estimate of drug-likeness (QED) is 0.357. The molecule has 1 aliphatic rings. The van der Waals surface area contributed by atoms with Crippen LogP contribution in [0.3, 0.4) is 0 Å². The van der Waals surface area contributed by atoms with E-state index in [0.717, 1.165) is 18.5 Å². The summed E-state index contributed by atoms with van der Waals surface area (Å²) >= 11 is 0. The molecule has 0 aromatic heterocycles. The van der Waals surface area contributed by atoms with Crippen molar-refractivity contribution in [3.8, 4) is 0 Å². The Kier molecular flexibility index (Phi) is 9.64. The molecule has 0 saturated heterocycles. The Hall–Kier alpha value is -1.59. The molecule has 1 aromatic carbocycles. The van der Waals surface area contributed by atoms with Crippen molar-refractivity contribution in [2.45, 2.75) is 83.3 Å². The zero-order valence-electron chi connectivity index (χ0n) is 16.6. The standard InChI is InChI=1S/C22H35NO4/c1-2-3-4-5-6-7-8-9-10-19-13-17-11-12-18(14-21(17)23-19)22(26)27-16-20(25)15-24/h11-12,14,19-20,23-25H,2-10,13,15-16H2,1H3/t19?,20-/m1/s1. The summed E-state index contributed by atoms with van der Waals surface area (Å²) < 4.78 is 5.02. The van der Waals surface area contributed by atoms with E-state index in [1.165, 1.54) is 56.9 Å². The third kappa shape index (κ3) is 7.51. The van der Waals surface area contributed by atoms with Crippen molar-refractivity contribution in [1.29, 1.82) is 0 Å². The highest BCUT2D eigenvalue weighted by molar-refractivity contribution is 5.91. The molecule has 2 rings (SSSR count). The average Bonchev–Trinajstić information content (AvgIpc) is 3.09. The Morgan fingerprint density at radius 3 is 2.59 bits per heavy atom. The lowest BCUT2D eigenvalue weighted by Crippen LogP contribution is -2.22. The summed E-state index contributed by atoms with van der Waals surface area (Å²) in [6.07, 6.45) is 11.8. The molecule has 5 heteroatoms. The smallest absolute Gasteiger partial charge is 0.338 e. The van der Waals surface area contributed by atoms with E-state index in [0.29, 0.717) is 11.6 Å². The van der Waals surface area contributed by atoms with Gasteiger partial charge in [0, 0.05) is 11.7 Å². The van der Waals surface area contributed by atoms with E-state index in [2.05, 4.69) is 12.2 Å². The average molecular weight is 378 g/mol. The number of unbranched alkanes of at least 4 members (excludes halogenated alkanes) is 7. The molecule has 1 aliphatic heterocycles. The van der Waals surface area contributed by atoms with E-state index in [1.54, 1.807) is 6.07 Å². The number of fused-ring (bicyclic) bond motifs is 1. The van der Waals surface area contributed by atoms with E-state index < -0.39 is 18.7 Å². The Bertz CT molecular complexity index is 575. The molecule has 1 unspecified atom stereocenters. The van der Waals surface area contributed by atoms with Gasteiger partial charge in [-0.3, -0.25) is 0 Å². The lowest BCUT2D eigenvalue weighted by Gasteiger charge is -2.11. The van der Waals surface area contributed by atoms with Gasteiger partial charge < -0.3 is 20.3 Å². The second-order valence-corrected chi connectivity index (χ2v) is 7.62. The van der Waals surface area contributed by atoms with E-state index in [4.69, 9.17) is 9.84 Å². The zero-order chi connectivity index (χ0) is 19.5. The maximum atomic E-state index is 12.0. The van der Waals surface area contributed by atoms with Gasteiger partial charge in [0.25, 0.3) is 0 Å². The molecule has 0 spiro atoms. The molecule has 27 heavy (non-hydrogen) atoms. The maximum Gasteiger partial charge on any atom is 0.338 e. The second kappa shape index (κ2) is 12.0. The number of aliphatic hydroxyl groups is 2. The third-order valence-electron chi connectivity index (χ3n) is 5.20. The van der Waals surface area contributed by atoms with E-state index in [1.807, 2.05) is 12.1 Å². The van der Waals surface area contributed by atoms with Gasteiger partial charge in [0.1, 0.15) is 12.7 Å². The van der Waals surface area contributed by atoms with Crippen LogP contribution in [0.2, 0.25) is 0 Å². The molecule has 0 aliphatic carbocycles. The van der Waals surface area contributed by atoms with Crippen LogP contribution in [0.1, 0.15) is 80.6 Å². The lowest BCUT2D eigenvalue weighted by atomic mass is 10.0. The molecule has 1 aromatic rings. The van der Waals surface area contributed by atoms with Crippen LogP contribution in [0.15, 0.2) is 18.2 Å². The molecule has 5 nitrogen and oxygen atoms in total. The molecular weight excluding hydrogens is 342 g/mol. The monoisotopic (exact) mass is 377 g/mol. The maximum absolute atomic E-state index is 12.0. The number of benzene rings is 1. The minimum Gasteiger partial charge on any atom is -0.459 e. The van der Waals surface area contributed by atoms with Gasteiger partial charge in [0.15, 0.2) is 0 Å². The lowest BCUT2D eigenvalue weighted by molar-refractivity contribution is 0.00933. The first-order valence-corrected chi connectivity index (χ1v) is 10.5. The minimum atomic E-state index is -1.03. The number of ether oxygens (including phenoxy) is 1. The highest BCUT2D eigenvalue weighted by Gasteiger charge is 2.22. The zero-order valence-corrected chi connectivity index (χ0v) is 16.6. The predicted octanol–water partition coefficient (Wildman–Crippen LogP) is 4.06. The highest BCUT2D eigenvalue weighted by atomic mass is 16.5. The highest BCUT2D eigenvalue weighted by Crippen LogP contribution is 2.29. The number of nitrogens with one attached hydrogen (secondary N) is 1. The summed E-state index contributed by atoms with van der Waals surface area (Å²) in [4.78, 5) is 12.0. The van der Waals surface area contributed by atoms with Crippen LogP contribution in [0.5, 0.6) is 0 Å². The number of esters is 1. The van der Waals surface area contributed by atoms with Crippen LogP contribution < -0.4 is 5.32 Å². The number of aliphatic hydroxyl groups excluding tert-OH is 2. The molecule has 0 saturated carbocycles. The van der Waals surface area contributed by atoms with Crippen LogP contribution in [-0.2, 0) is 11.2 Å². The van der Waals surface area contributed by atoms with Crippen molar-refractivity contribution >= 4 is 11.7 Å². The molecule has 0 amide bonds. The van der Waals surface area contributed by atoms with Crippen molar-refractivity contribution in [2.24, 2.45) is 0 Å². The van der Waals surface area contributed by atoms with Gasteiger partial charge in [-0.25, -0.2) is 4.79 Å². The van der Waals surface area contributed by atoms with Gasteiger partial charge in [0.05, 0.1) is 12.2 Å². The van der Waals surface area contributed by atoms with Crippen LogP contribution in [0.4, 0.5) is 5.69 Å². The first kappa shape index (κ1) is 21.7. The van der Waals surface area contributed by atoms with Crippen LogP contribution in [-0.4, -0.2) is 41.5 Å². The fourth-order valence-corrected chi connectivity index (χ4v) is 3.56. The summed E-state index contributed by atoms with van der Waals surface area (Å²) in [6, 6.07) is 6.03. The topological polar surface area (TPSA) is 78.8 Å². The van der Waals surface area contributed by atoms with Crippen molar-refractivity contribution in [2.75, 3.05) is 18.5 Å². The van der Waals surface area contributed by atoms with Crippen molar-refractivity contribution in [3.63, 3.8) is 0 Å². The van der Waals surface area contributed by atoms with Crippen LogP contribution in [0.25, 0.3) is 0 Å². The van der Waals surface area contributed by atoms with Crippen molar-refractivity contribution in [1.82, 2.24) is 0 Å². The van der Waals surface area contributed by atoms with Gasteiger partial charge >= 0.3 is 5.97 Å². The number of carbonyl (C=O) groups excluding carboxylic acids is 1. The van der Waals surface area contributed by atoms with Gasteiger partial charge in [0.2, 0.25) is 0 Å². The van der Waals surface area contributed by atoms with Crippen LogP contribution in [0, 0.1) is 0 Å². The summed E-state index contributed by atoms with van der Waals surface area (Å²) in [7, 11) is 0. The third-order valence-corrected chi connectivity index (χ3v) is 5.20. The van der Waals surface area contributed by atoms with E-state index in [-0.39, 0.29) is 6.61 Å². The van der Waals surface area contributed by atoms with Crippen molar-refractivity contribution < 1.29 is 19.7 Å². The number of hydrogen-bond donors (Lipinski definition) is 3. The van der Waals surface area contributed by atoms with E-state index >= 15 is 0 Å². The Morgan fingerprint density at radius 2 is 1.89 bits per heavy atom. The number of anilines is 1. The van der Waals surface area contributed by atoms with E-state index in [9.17, 15) is 9.90 Å². The van der Waals surface area contributed by atoms with Gasteiger partial charge in [-0.15, -0.1) is 0 Å². The van der Waals surface area contributed by atoms with Gasteiger partial charge in [-0.2, -0.15) is 0 Å². The molecule has 0 radical (unpaired) electrons.